The summed E-state index contributed by atoms with van der Waals surface area (Å²) >= 11 is 0. The fraction of sp³-hybridized carbons (Fsp3) is 0.455. The molecule has 0 atom stereocenters. The van der Waals surface area contributed by atoms with Gasteiger partial charge in [0.1, 0.15) is 0 Å². The van der Waals surface area contributed by atoms with Gasteiger partial charge in [-0.15, -0.1) is 0 Å². The molecule has 1 aromatic carbocycles. The molecule has 90 valence electrons. The van der Waals surface area contributed by atoms with Crippen molar-refractivity contribution < 1.29 is 13.5 Å². The third-order valence-electron chi connectivity index (χ3n) is 2.11. The van der Waals surface area contributed by atoms with Gasteiger partial charge in [-0.05, 0) is 38.5 Å². The third kappa shape index (κ3) is 3.30. The van der Waals surface area contributed by atoms with Gasteiger partial charge < -0.3 is 5.11 Å². The van der Waals surface area contributed by atoms with Gasteiger partial charge in [-0.25, -0.2) is 13.1 Å². The lowest BCUT2D eigenvalue weighted by atomic mass is 10.1. The number of aryl methyl sites for hydroxylation is 1. The summed E-state index contributed by atoms with van der Waals surface area (Å²) in [7, 11) is -3.56. The number of aliphatic hydroxyl groups is 1. The molecule has 0 aromatic heterocycles. The summed E-state index contributed by atoms with van der Waals surface area (Å²) in [5.41, 5.74) is 0.0208. The van der Waals surface area contributed by atoms with Gasteiger partial charge in [-0.2, -0.15) is 0 Å². The van der Waals surface area contributed by atoms with Crippen LogP contribution in [0.25, 0.3) is 0 Å². The molecule has 5 heteroatoms. The Labute approximate surface area is 96.4 Å². The van der Waals surface area contributed by atoms with Crippen LogP contribution in [0, 0.1) is 6.92 Å². The Kier molecular flexibility index (Phi) is 3.72. The zero-order valence-corrected chi connectivity index (χ0v) is 10.5. The summed E-state index contributed by atoms with van der Waals surface area (Å²) in [4.78, 5) is 0.217. The first-order chi connectivity index (χ1) is 7.27. The molecular formula is C11H17NO3S. The predicted octanol–water partition coefficient (Wildman–Crippen LogP) is 1.04. The average molecular weight is 243 g/mol. The van der Waals surface area contributed by atoms with Crippen molar-refractivity contribution in [1.82, 2.24) is 4.72 Å². The van der Waals surface area contributed by atoms with E-state index in [1.54, 1.807) is 26.0 Å². The van der Waals surface area contributed by atoms with Crippen LogP contribution in [-0.4, -0.2) is 25.7 Å². The van der Waals surface area contributed by atoms with Crippen LogP contribution in [0.15, 0.2) is 29.2 Å². The number of sulfonamides is 1. The Morgan fingerprint density at radius 2 is 2.00 bits per heavy atom. The average Bonchev–Trinajstić information content (AvgIpc) is 2.16. The number of aliphatic hydroxyl groups excluding tert-OH is 1. The highest BCUT2D eigenvalue weighted by molar-refractivity contribution is 7.89. The number of rotatable bonds is 4. The van der Waals surface area contributed by atoms with Gasteiger partial charge in [0.25, 0.3) is 0 Å². The fourth-order valence-corrected chi connectivity index (χ4v) is 2.75. The van der Waals surface area contributed by atoms with Crippen LogP contribution >= 0.6 is 0 Å². The molecule has 1 rings (SSSR count). The zero-order chi connectivity index (χ0) is 12.4. The lowest BCUT2D eigenvalue weighted by Gasteiger charge is -2.23. The van der Waals surface area contributed by atoms with E-state index in [1.807, 2.05) is 13.0 Å². The summed E-state index contributed by atoms with van der Waals surface area (Å²) in [6, 6.07) is 6.64. The van der Waals surface area contributed by atoms with Crippen molar-refractivity contribution in [3.8, 4) is 0 Å². The molecule has 0 radical (unpaired) electrons. The first-order valence-electron chi connectivity index (χ1n) is 4.98. The first-order valence-corrected chi connectivity index (χ1v) is 6.47. The standard InChI is InChI=1S/C11H17NO3S/c1-9-5-4-6-10(7-9)16(14,15)12-11(2,3)8-13/h4-7,12-13H,8H2,1-3H3. The van der Waals surface area contributed by atoms with Gasteiger partial charge in [0, 0.05) is 0 Å². The van der Waals surface area contributed by atoms with Gasteiger partial charge >= 0.3 is 0 Å². The molecule has 0 heterocycles. The van der Waals surface area contributed by atoms with E-state index in [0.29, 0.717) is 0 Å². The zero-order valence-electron chi connectivity index (χ0n) is 9.69. The van der Waals surface area contributed by atoms with Crippen LogP contribution in [0.2, 0.25) is 0 Å². The Morgan fingerprint density at radius 3 is 2.50 bits per heavy atom. The number of hydrogen-bond acceptors (Lipinski definition) is 3. The maximum atomic E-state index is 11.9. The first kappa shape index (κ1) is 13.2. The molecule has 16 heavy (non-hydrogen) atoms. The molecule has 0 aliphatic carbocycles. The molecule has 0 saturated carbocycles. The molecule has 1 aromatic rings. The highest BCUT2D eigenvalue weighted by Gasteiger charge is 2.25. The summed E-state index contributed by atoms with van der Waals surface area (Å²) in [5.74, 6) is 0. The highest BCUT2D eigenvalue weighted by atomic mass is 32.2. The van der Waals surface area contributed by atoms with Gasteiger partial charge in [-0.3, -0.25) is 0 Å². The summed E-state index contributed by atoms with van der Waals surface area (Å²) < 4.78 is 26.3. The molecule has 0 bridgehead atoms. The minimum absolute atomic E-state index is 0.217. The molecule has 0 spiro atoms. The molecule has 0 aliphatic heterocycles. The van der Waals surface area contributed by atoms with Crippen molar-refractivity contribution in [2.75, 3.05) is 6.61 Å². The number of benzene rings is 1. The Bertz CT molecular complexity index is 466. The Balaban J connectivity index is 3.04. The molecule has 0 amide bonds. The van der Waals surface area contributed by atoms with Crippen molar-refractivity contribution in [3.05, 3.63) is 29.8 Å². The van der Waals surface area contributed by atoms with E-state index in [9.17, 15) is 8.42 Å². The van der Waals surface area contributed by atoms with E-state index >= 15 is 0 Å². The smallest absolute Gasteiger partial charge is 0.241 e. The second-order valence-electron chi connectivity index (χ2n) is 4.46. The monoisotopic (exact) mass is 243 g/mol. The maximum Gasteiger partial charge on any atom is 0.241 e. The van der Waals surface area contributed by atoms with Crippen LogP contribution in [0.1, 0.15) is 19.4 Å². The molecule has 0 unspecified atom stereocenters. The minimum atomic E-state index is -3.56. The van der Waals surface area contributed by atoms with E-state index in [4.69, 9.17) is 5.11 Å². The number of nitrogens with one attached hydrogen (secondary N) is 1. The highest BCUT2D eigenvalue weighted by Crippen LogP contribution is 2.13. The molecule has 4 nitrogen and oxygen atoms in total. The van der Waals surface area contributed by atoms with Crippen LogP contribution in [0.3, 0.4) is 0 Å². The molecular weight excluding hydrogens is 226 g/mol. The Hall–Kier alpha value is -0.910. The largest absolute Gasteiger partial charge is 0.394 e. The van der Waals surface area contributed by atoms with Crippen molar-refractivity contribution >= 4 is 10.0 Å². The van der Waals surface area contributed by atoms with Crippen LogP contribution in [0.4, 0.5) is 0 Å². The third-order valence-corrected chi connectivity index (χ3v) is 3.80. The predicted molar refractivity (Wildman–Crippen MR) is 62.7 cm³/mol. The summed E-state index contributed by atoms with van der Waals surface area (Å²) in [6.07, 6.45) is 0. The van der Waals surface area contributed by atoms with Crippen LogP contribution < -0.4 is 4.72 Å². The molecule has 0 aliphatic rings. The van der Waals surface area contributed by atoms with Crippen molar-refractivity contribution in [2.24, 2.45) is 0 Å². The van der Waals surface area contributed by atoms with E-state index in [-0.39, 0.29) is 11.5 Å². The topological polar surface area (TPSA) is 66.4 Å². The normalized spacial score (nSPS) is 12.8. The maximum absolute atomic E-state index is 11.9. The van der Waals surface area contributed by atoms with Crippen molar-refractivity contribution in [3.63, 3.8) is 0 Å². The Morgan fingerprint density at radius 1 is 1.38 bits per heavy atom. The van der Waals surface area contributed by atoms with Gasteiger partial charge in [0.05, 0.1) is 17.0 Å². The number of hydrogen-bond donors (Lipinski definition) is 2. The van der Waals surface area contributed by atoms with Crippen molar-refractivity contribution in [1.29, 1.82) is 0 Å². The van der Waals surface area contributed by atoms with Gasteiger partial charge in [0.2, 0.25) is 10.0 Å². The molecule has 0 saturated heterocycles. The lowest BCUT2D eigenvalue weighted by Crippen LogP contribution is -2.46. The lowest BCUT2D eigenvalue weighted by molar-refractivity contribution is 0.208. The fourth-order valence-electron chi connectivity index (χ4n) is 1.24. The second kappa shape index (κ2) is 4.53. The molecule has 0 fully saturated rings. The van der Waals surface area contributed by atoms with Gasteiger partial charge in [-0.1, -0.05) is 12.1 Å². The van der Waals surface area contributed by atoms with Crippen molar-refractivity contribution in [2.45, 2.75) is 31.2 Å². The molecule has 2 N–H and O–H groups in total. The van der Waals surface area contributed by atoms with E-state index in [2.05, 4.69) is 4.72 Å². The van der Waals surface area contributed by atoms with E-state index < -0.39 is 15.6 Å². The SMILES string of the molecule is Cc1cccc(S(=O)(=O)NC(C)(C)CO)c1. The van der Waals surface area contributed by atoms with E-state index in [1.165, 1.54) is 6.07 Å². The summed E-state index contributed by atoms with van der Waals surface area (Å²) in [6.45, 7) is 4.83. The summed E-state index contributed by atoms with van der Waals surface area (Å²) in [5, 5.41) is 9.03. The van der Waals surface area contributed by atoms with Crippen LogP contribution in [0.5, 0.6) is 0 Å². The minimum Gasteiger partial charge on any atom is -0.394 e. The quantitative estimate of drug-likeness (QED) is 0.830. The second-order valence-corrected chi connectivity index (χ2v) is 6.15. The van der Waals surface area contributed by atoms with Crippen LogP contribution in [-0.2, 0) is 10.0 Å². The van der Waals surface area contributed by atoms with Gasteiger partial charge in [0.15, 0.2) is 0 Å². The van der Waals surface area contributed by atoms with E-state index in [0.717, 1.165) is 5.56 Å².